The molecule has 2 unspecified atom stereocenters. The summed E-state index contributed by atoms with van der Waals surface area (Å²) in [4.78, 5) is 11.7. The number of rotatable bonds is 10. The molecule has 0 spiro atoms. The van der Waals surface area contributed by atoms with Crippen LogP contribution in [0.4, 0.5) is 0 Å². The molecule has 1 saturated carbocycles. The second kappa shape index (κ2) is 10.0. The van der Waals surface area contributed by atoms with Crippen LogP contribution in [-0.4, -0.2) is 25.3 Å². The summed E-state index contributed by atoms with van der Waals surface area (Å²) in [6.45, 7) is 5.82. The van der Waals surface area contributed by atoms with Crippen LogP contribution in [-0.2, 0) is 14.3 Å². The third-order valence-electron chi connectivity index (χ3n) is 4.62. The predicted octanol–water partition coefficient (Wildman–Crippen LogP) is 4.82. The van der Waals surface area contributed by atoms with Crippen LogP contribution in [0, 0.1) is 11.8 Å². The molecule has 2 rings (SSSR count). The highest BCUT2D eigenvalue weighted by molar-refractivity contribution is 5.83. The third-order valence-corrected chi connectivity index (χ3v) is 4.62. The second-order valence-electron chi connectivity index (χ2n) is 7.06. The molecule has 2 fully saturated rings. The summed E-state index contributed by atoms with van der Waals surface area (Å²) in [6.07, 6.45) is 14.9. The first-order chi connectivity index (χ1) is 11.1. The zero-order chi connectivity index (χ0) is 16.5. The molecule has 1 aliphatic heterocycles. The molecule has 2 atom stereocenters. The number of hydrogen-bond donors (Lipinski definition) is 0. The predicted molar refractivity (Wildman–Crippen MR) is 93.2 cm³/mol. The molecule has 0 aromatic heterocycles. The Labute approximate surface area is 141 Å². The van der Waals surface area contributed by atoms with Crippen molar-refractivity contribution in [3.63, 3.8) is 0 Å². The number of ether oxygens (including phenoxy) is 2. The van der Waals surface area contributed by atoms with Crippen LogP contribution in [0.15, 0.2) is 23.8 Å². The van der Waals surface area contributed by atoms with Gasteiger partial charge in [-0.1, -0.05) is 30.7 Å². The molecule has 130 valence electrons. The van der Waals surface area contributed by atoms with Gasteiger partial charge >= 0.3 is 0 Å². The van der Waals surface area contributed by atoms with Crippen LogP contribution in [0.1, 0.15) is 65.2 Å². The summed E-state index contributed by atoms with van der Waals surface area (Å²) in [6, 6.07) is 0. The first-order valence-electron chi connectivity index (χ1n) is 9.23. The SMILES string of the molecule is CC(=CCC(C)C=CCOC1CCCCO1)CCC(=O)C1CC1. The molecule has 0 bridgehead atoms. The Morgan fingerprint density at radius 1 is 1.26 bits per heavy atom. The van der Waals surface area contributed by atoms with E-state index < -0.39 is 0 Å². The highest BCUT2D eigenvalue weighted by Gasteiger charge is 2.28. The topological polar surface area (TPSA) is 35.5 Å². The number of carbonyl (C=O) groups excluding carboxylic acids is 1. The Morgan fingerprint density at radius 2 is 2.09 bits per heavy atom. The van der Waals surface area contributed by atoms with Gasteiger partial charge in [0.25, 0.3) is 0 Å². The number of allylic oxidation sites excluding steroid dienone is 3. The van der Waals surface area contributed by atoms with Gasteiger partial charge in [-0.05, 0) is 57.8 Å². The first kappa shape index (κ1) is 18.4. The van der Waals surface area contributed by atoms with Gasteiger partial charge in [-0.25, -0.2) is 0 Å². The number of Topliss-reactive ketones (excluding diaryl/α,β-unsaturated/α-hetero) is 1. The van der Waals surface area contributed by atoms with Crippen molar-refractivity contribution in [1.82, 2.24) is 0 Å². The monoisotopic (exact) mass is 320 g/mol. The Kier molecular flexibility index (Phi) is 8.04. The normalized spacial score (nSPS) is 24.1. The van der Waals surface area contributed by atoms with Crippen molar-refractivity contribution in [3.8, 4) is 0 Å². The minimum absolute atomic E-state index is 0.00477. The van der Waals surface area contributed by atoms with Crippen LogP contribution in [0.3, 0.4) is 0 Å². The molecule has 0 N–H and O–H groups in total. The van der Waals surface area contributed by atoms with E-state index in [9.17, 15) is 4.79 Å². The van der Waals surface area contributed by atoms with Gasteiger partial charge in [0.15, 0.2) is 6.29 Å². The lowest BCUT2D eigenvalue weighted by Gasteiger charge is -2.21. The molecular formula is C20H32O3. The fourth-order valence-electron chi connectivity index (χ4n) is 2.79. The molecule has 2 aliphatic rings. The molecule has 1 saturated heterocycles. The maximum absolute atomic E-state index is 11.7. The van der Waals surface area contributed by atoms with Crippen molar-refractivity contribution in [2.75, 3.05) is 13.2 Å². The molecule has 0 amide bonds. The molecule has 3 heteroatoms. The van der Waals surface area contributed by atoms with Gasteiger partial charge in [0, 0.05) is 18.9 Å². The lowest BCUT2D eigenvalue weighted by molar-refractivity contribution is -0.155. The third kappa shape index (κ3) is 7.94. The lowest BCUT2D eigenvalue weighted by Crippen LogP contribution is -2.22. The van der Waals surface area contributed by atoms with Crippen LogP contribution >= 0.6 is 0 Å². The van der Waals surface area contributed by atoms with E-state index in [4.69, 9.17) is 9.47 Å². The van der Waals surface area contributed by atoms with Gasteiger partial charge in [-0.3, -0.25) is 4.79 Å². The first-order valence-corrected chi connectivity index (χ1v) is 9.23. The van der Waals surface area contributed by atoms with Crippen molar-refractivity contribution in [2.24, 2.45) is 11.8 Å². The molecule has 0 aromatic carbocycles. The van der Waals surface area contributed by atoms with Crippen molar-refractivity contribution >= 4 is 5.78 Å². The van der Waals surface area contributed by atoms with E-state index in [0.29, 0.717) is 24.2 Å². The summed E-state index contributed by atoms with van der Waals surface area (Å²) in [7, 11) is 0. The number of ketones is 1. The highest BCUT2D eigenvalue weighted by atomic mass is 16.7. The summed E-state index contributed by atoms with van der Waals surface area (Å²) >= 11 is 0. The number of hydrogen-bond acceptors (Lipinski definition) is 3. The summed E-state index contributed by atoms with van der Waals surface area (Å²) in [5.41, 5.74) is 1.34. The quantitative estimate of drug-likeness (QED) is 0.541. The van der Waals surface area contributed by atoms with E-state index in [1.807, 2.05) is 0 Å². The van der Waals surface area contributed by atoms with Gasteiger partial charge in [0.05, 0.1) is 6.61 Å². The molecular weight excluding hydrogens is 288 g/mol. The number of carbonyl (C=O) groups is 1. The standard InChI is InChI=1S/C20H32O3/c1-16(6-5-15-23-20-7-3-4-14-22-20)8-9-17(2)10-13-19(21)18-11-12-18/h5-6,9,16,18,20H,3-4,7-8,10-15H2,1-2H3. The molecule has 0 radical (unpaired) electrons. The molecule has 1 heterocycles. The van der Waals surface area contributed by atoms with Crippen LogP contribution < -0.4 is 0 Å². The lowest BCUT2D eigenvalue weighted by atomic mass is 10.0. The zero-order valence-electron chi connectivity index (χ0n) is 14.8. The molecule has 3 nitrogen and oxygen atoms in total. The summed E-state index contributed by atoms with van der Waals surface area (Å²) < 4.78 is 11.2. The fourth-order valence-corrected chi connectivity index (χ4v) is 2.79. The second-order valence-corrected chi connectivity index (χ2v) is 7.06. The van der Waals surface area contributed by atoms with Crippen molar-refractivity contribution in [2.45, 2.75) is 71.5 Å². The smallest absolute Gasteiger partial charge is 0.157 e. The van der Waals surface area contributed by atoms with Crippen molar-refractivity contribution in [1.29, 1.82) is 0 Å². The fraction of sp³-hybridized carbons (Fsp3) is 0.750. The van der Waals surface area contributed by atoms with Gasteiger partial charge in [0.2, 0.25) is 0 Å². The minimum atomic E-state index is -0.00477. The van der Waals surface area contributed by atoms with E-state index in [1.165, 1.54) is 12.0 Å². The summed E-state index contributed by atoms with van der Waals surface area (Å²) in [5.74, 6) is 1.37. The van der Waals surface area contributed by atoms with Crippen LogP contribution in [0.2, 0.25) is 0 Å². The summed E-state index contributed by atoms with van der Waals surface area (Å²) in [5, 5.41) is 0. The van der Waals surface area contributed by atoms with Crippen molar-refractivity contribution in [3.05, 3.63) is 23.8 Å². The maximum atomic E-state index is 11.7. The Hall–Kier alpha value is -0.930. The van der Waals surface area contributed by atoms with Crippen LogP contribution in [0.5, 0.6) is 0 Å². The average molecular weight is 320 g/mol. The van der Waals surface area contributed by atoms with Crippen LogP contribution in [0.25, 0.3) is 0 Å². The minimum Gasteiger partial charge on any atom is -0.353 e. The van der Waals surface area contributed by atoms with E-state index in [-0.39, 0.29) is 6.29 Å². The Balaban J connectivity index is 1.55. The van der Waals surface area contributed by atoms with E-state index in [1.54, 1.807) is 0 Å². The zero-order valence-corrected chi connectivity index (χ0v) is 14.8. The Morgan fingerprint density at radius 3 is 2.78 bits per heavy atom. The van der Waals surface area contributed by atoms with Gasteiger partial charge < -0.3 is 9.47 Å². The largest absolute Gasteiger partial charge is 0.353 e. The molecule has 23 heavy (non-hydrogen) atoms. The average Bonchev–Trinajstić information content (AvgIpc) is 3.40. The molecule has 0 aromatic rings. The van der Waals surface area contributed by atoms with E-state index in [2.05, 4.69) is 32.1 Å². The van der Waals surface area contributed by atoms with Gasteiger partial charge in [-0.2, -0.15) is 0 Å². The van der Waals surface area contributed by atoms with E-state index >= 15 is 0 Å². The Bertz CT molecular complexity index is 415. The maximum Gasteiger partial charge on any atom is 0.157 e. The molecule has 1 aliphatic carbocycles. The van der Waals surface area contributed by atoms with Gasteiger partial charge in [0.1, 0.15) is 5.78 Å². The van der Waals surface area contributed by atoms with Gasteiger partial charge in [-0.15, -0.1) is 0 Å². The highest BCUT2D eigenvalue weighted by Crippen LogP contribution is 2.31. The van der Waals surface area contributed by atoms with Crippen molar-refractivity contribution < 1.29 is 14.3 Å². The van der Waals surface area contributed by atoms with E-state index in [0.717, 1.165) is 51.6 Å².